The van der Waals surface area contributed by atoms with Gasteiger partial charge in [0.15, 0.2) is 0 Å². The Hall–Kier alpha value is -1.56. The van der Waals surface area contributed by atoms with Gasteiger partial charge in [0.1, 0.15) is 11.5 Å². The van der Waals surface area contributed by atoms with Crippen LogP contribution in [0.1, 0.15) is 0 Å². The standard InChI is InChI=1S/C9H8BrN3O2/c1-15-9(14)12-8-4-11-7-3-2-6(10)5-13(7)8/h2-5H,1H3,(H,12,14). The maximum absolute atomic E-state index is 11.0. The molecular weight excluding hydrogens is 262 g/mol. The van der Waals surface area contributed by atoms with E-state index in [1.54, 1.807) is 10.6 Å². The van der Waals surface area contributed by atoms with Crippen LogP contribution in [0.4, 0.5) is 10.6 Å². The molecule has 0 unspecified atom stereocenters. The fourth-order valence-corrected chi connectivity index (χ4v) is 1.54. The third-order valence-corrected chi connectivity index (χ3v) is 2.35. The Kier molecular flexibility index (Phi) is 2.59. The van der Waals surface area contributed by atoms with E-state index in [2.05, 4.69) is 31.0 Å². The van der Waals surface area contributed by atoms with E-state index in [4.69, 9.17) is 0 Å². The Morgan fingerprint density at radius 3 is 3.13 bits per heavy atom. The van der Waals surface area contributed by atoms with E-state index in [1.165, 1.54) is 7.11 Å². The van der Waals surface area contributed by atoms with Crippen molar-refractivity contribution in [2.45, 2.75) is 0 Å². The fraction of sp³-hybridized carbons (Fsp3) is 0.111. The zero-order chi connectivity index (χ0) is 10.8. The number of aromatic nitrogens is 2. The number of amides is 1. The molecule has 0 aromatic carbocycles. The Labute approximate surface area is 94.2 Å². The van der Waals surface area contributed by atoms with Gasteiger partial charge in [0, 0.05) is 10.7 Å². The minimum atomic E-state index is -0.517. The number of anilines is 1. The number of hydrogen-bond donors (Lipinski definition) is 1. The number of methoxy groups -OCH3 is 1. The number of fused-ring (bicyclic) bond motifs is 1. The van der Waals surface area contributed by atoms with Gasteiger partial charge in [-0.15, -0.1) is 0 Å². The number of carbonyl (C=O) groups is 1. The molecule has 6 heteroatoms. The molecule has 1 N–H and O–H groups in total. The van der Waals surface area contributed by atoms with Crippen molar-refractivity contribution in [3.8, 4) is 0 Å². The summed E-state index contributed by atoms with van der Waals surface area (Å²) in [5.74, 6) is 0.568. The highest BCUT2D eigenvalue weighted by molar-refractivity contribution is 9.10. The van der Waals surface area contributed by atoms with Crippen LogP contribution in [0.15, 0.2) is 29.0 Å². The summed E-state index contributed by atoms with van der Waals surface area (Å²) in [5, 5.41) is 2.56. The lowest BCUT2D eigenvalue weighted by atomic mass is 10.5. The molecule has 0 spiro atoms. The zero-order valence-corrected chi connectivity index (χ0v) is 9.48. The number of carbonyl (C=O) groups excluding carboxylic acids is 1. The van der Waals surface area contributed by atoms with Gasteiger partial charge in [-0.3, -0.25) is 9.72 Å². The highest BCUT2D eigenvalue weighted by Crippen LogP contribution is 2.16. The van der Waals surface area contributed by atoms with Crippen LogP contribution in [0.25, 0.3) is 5.65 Å². The average molecular weight is 270 g/mol. The minimum absolute atomic E-state index is 0.517. The van der Waals surface area contributed by atoms with Crippen LogP contribution in [-0.2, 0) is 4.74 Å². The molecule has 2 heterocycles. The highest BCUT2D eigenvalue weighted by atomic mass is 79.9. The van der Waals surface area contributed by atoms with Crippen LogP contribution in [0, 0.1) is 0 Å². The number of pyridine rings is 1. The summed E-state index contributed by atoms with van der Waals surface area (Å²) in [6.45, 7) is 0. The van der Waals surface area contributed by atoms with Crippen molar-refractivity contribution in [2.75, 3.05) is 12.4 Å². The molecule has 78 valence electrons. The SMILES string of the molecule is COC(=O)Nc1cnc2ccc(Br)cn12. The molecule has 0 aliphatic rings. The first-order valence-electron chi connectivity index (χ1n) is 4.18. The van der Waals surface area contributed by atoms with Crippen molar-refractivity contribution in [1.29, 1.82) is 0 Å². The predicted octanol–water partition coefficient (Wildman–Crippen LogP) is 2.28. The van der Waals surface area contributed by atoms with Gasteiger partial charge in [0.25, 0.3) is 0 Å². The number of ether oxygens (including phenoxy) is 1. The maximum atomic E-state index is 11.0. The topological polar surface area (TPSA) is 55.6 Å². The van der Waals surface area contributed by atoms with Crippen molar-refractivity contribution in [3.05, 3.63) is 29.0 Å². The quantitative estimate of drug-likeness (QED) is 0.864. The number of halogens is 1. The second-order valence-electron chi connectivity index (χ2n) is 2.84. The first-order chi connectivity index (χ1) is 7.20. The van der Waals surface area contributed by atoms with Crippen LogP contribution >= 0.6 is 15.9 Å². The van der Waals surface area contributed by atoms with E-state index in [0.29, 0.717) is 5.82 Å². The predicted molar refractivity (Wildman–Crippen MR) is 58.9 cm³/mol. The number of rotatable bonds is 1. The Morgan fingerprint density at radius 2 is 2.40 bits per heavy atom. The van der Waals surface area contributed by atoms with E-state index >= 15 is 0 Å². The van der Waals surface area contributed by atoms with Gasteiger partial charge in [-0.2, -0.15) is 0 Å². The van der Waals surface area contributed by atoms with Crippen molar-refractivity contribution in [2.24, 2.45) is 0 Å². The van der Waals surface area contributed by atoms with Crippen LogP contribution in [-0.4, -0.2) is 22.6 Å². The molecule has 2 rings (SSSR count). The van der Waals surface area contributed by atoms with Gasteiger partial charge in [-0.25, -0.2) is 9.78 Å². The lowest BCUT2D eigenvalue weighted by Gasteiger charge is -2.03. The fourth-order valence-electron chi connectivity index (χ4n) is 1.20. The largest absolute Gasteiger partial charge is 0.453 e. The molecule has 0 fully saturated rings. The molecule has 15 heavy (non-hydrogen) atoms. The van der Waals surface area contributed by atoms with E-state index in [1.807, 2.05) is 18.3 Å². The first-order valence-corrected chi connectivity index (χ1v) is 4.97. The third kappa shape index (κ3) is 1.94. The minimum Gasteiger partial charge on any atom is -0.453 e. The Morgan fingerprint density at radius 1 is 1.60 bits per heavy atom. The molecule has 1 amide bonds. The number of hydrogen-bond acceptors (Lipinski definition) is 3. The molecule has 0 atom stereocenters. The molecule has 0 bridgehead atoms. The van der Waals surface area contributed by atoms with Crippen molar-refractivity contribution in [1.82, 2.24) is 9.38 Å². The summed E-state index contributed by atoms with van der Waals surface area (Å²) < 4.78 is 7.15. The number of nitrogens with zero attached hydrogens (tertiary/aromatic N) is 2. The molecule has 0 radical (unpaired) electrons. The molecule has 0 saturated heterocycles. The van der Waals surface area contributed by atoms with Crippen LogP contribution in [0.2, 0.25) is 0 Å². The summed E-state index contributed by atoms with van der Waals surface area (Å²) in [6, 6.07) is 3.72. The molecule has 2 aromatic rings. The van der Waals surface area contributed by atoms with Gasteiger partial charge in [-0.1, -0.05) is 0 Å². The van der Waals surface area contributed by atoms with Crippen molar-refractivity contribution in [3.63, 3.8) is 0 Å². The van der Waals surface area contributed by atoms with Gasteiger partial charge in [0.2, 0.25) is 0 Å². The van der Waals surface area contributed by atoms with Crippen molar-refractivity contribution >= 4 is 33.5 Å². The lowest BCUT2D eigenvalue weighted by Crippen LogP contribution is -2.12. The second kappa shape index (κ2) is 3.90. The molecule has 0 saturated carbocycles. The first kappa shape index (κ1) is 9.97. The van der Waals surface area contributed by atoms with Gasteiger partial charge in [-0.05, 0) is 28.1 Å². The monoisotopic (exact) mass is 269 g/mol. The average Bonchev–Trinajstić information content (AvgIpc) is 2.61. The van der Waals surface area contributed by atoms with E-state index in [-0.39, 0.29) is 0 Å². The summed E-state index contributed by atoms with van der Waals surface area (Å²) >= 11 is 3.34. The number of imidazole rings is 1. The molecule has 0 aliphatic heterocycles. The normalized spacial score (nSPS) is 10.3. The Bertz CT molecular complexity index is 509. The van der Waals surface area contributed by atoms with Gasteiger partial charge in [0.05, 0.1) is 13.3 Å². The summed E-state index contributed by atoms with van der Waals surface area (Å²) in [7, 11) is 1.31. The smallest absolute Gasteiger partial charge is 0.412 e. The molecular formula is C9H8BrN3O2. The molecule has 5 nitrogen and oxygen atoms in total. The molecule has 0 aliphatic carbocycles. The second-order valence-corrected chi connectivity index (χ2v) is 3.75. The van der Waals surface area contributed by atoms with Crippen LogP contribution in [0.3, 0.4) is 0 Å². The van der Waals surface area contributed by atoms with E-state index in [9.17, 15) is 4.79 Å². The maximum Gasteiger partial charge on any atom is 0.412 e. The zero-order valence-electron chi connectivity index (χ0n) is 7.90. The van der Waals surface area contributed by atoms with Gasteiger partial charge < -0.3 is 4.74 Å². The molecule has 2 aromatic heterocycles. The highest BCUT2D eigenvalue weighted by Gasteiger charge is 2.06. The van der Waals surface area contributed by atoms with Crippen LogP contribution in [0.5, 0.6) is 0 Å². The van der Waals surface area contributed by atoms with E-state index < -0.39 is 6.09 Å². The summed E-state index contributed by atoms with van der Waals surface area (Å²) in [4.78, 5) is 15.1. The summed E-state index contributed by atoms with van der Waals surface area (Å²) in [5.41, 5.74) is 0.754. The third-order valence-electron chi connectivity index (χ3n) is 1.89. The Balaban J connectivity index is 2.43. The lowest BCUT2D eigenvalue weighted by molar-refractivity contribution is 0.187. The van der Waals surface area contributed by atoms with Crippen LogP contribution < -0.4 is 5.32 Å². The summed E-state index contributed by atoms with van der Waals surface area (Å²) in [6.07, 6.45) is 2.86. The van der Waals surface area contributed by atoms with E-state index in [0.717, 1.165) is 10.1 Å². The number of nitrogens with one attached hydrogen (secondary N) is 1. The van der Waals surface area contributed by atoms with Gasteiger partial charge >= 0.3 is 6.09 Å². The van der Waals surface area contributed by atoms with Crippen molar-refractivity contribution < 1.29 is 9.53 Å².